The Morgan fingerprint density at radius 3 is 2.75 bits per heavy atom. The van der Waals surface area contributed by atoms with Crippen LogP contribution in [0.3, 0.4) is 0 Å². The lowest BCUT2D eigenvalue weighted by Gasteiger charge is -2.17. The number of rotatable bonds is 7. The van der Waals surface area contributed by atoms with Crippen molar-refractivity contribution in [2.45, 2.75) is 33.7 Å². The van der Waals surface area contributed by atoms with Crippen molar-refractivity contribution in [2.24, 2.45) is 5.41 Å². The lowest BCUT2D eigenvalue weighted by atomic mass is 9.93. The van der Waals surface area contributed by atoms with E-state index in [1.807, 2.05) is 12.1 Å². The van der Waals surface area contributed by atoms with Crippen LogP contribution in [0.2, 0.25) is 0 Å². The summed E-state index contributed by atoms with van der Waals surface area (Å²) in [5.41, 5.74) is 0.363. The topological polar surface area (TPSA) is 34.4 Å². The molecule has 0 radical (unpaired) electrons. The van der Waals surface area contributed by atoms with E-state index in [2.05, 4.69) is 26.1 Å². The quantitative estimate of drug-likeness (QED) is 0.725. The average Bonchev–Trinajstić information content (AvgIpc) is 2.67. The molecule has 1 aromatic heterocycles. The Labute approximate surface area is 98.2 Å². The molecule has 16 heavy (non-hydrogen) atoms. The normalized spacial score (nSPS) is 11.9. The minimum atomic E-state index is 0.363. The van der Waals surface area contributed by atoms with Crippen molar-refractivity contribution in [3.05, 3.63) is 24.2 Å². The van der Waals surface area contributed by atoms with E-state index in [9.17, 15) is 0 Å². The highest BCUT2D eigenvalue weighted by atomic mass is 16.5. The zero-order valence-electron chi connectivity index (χ0n) is 10.6. The summed E-state index contributed by atoms with van der Waals surface area (Å²) in [6, 6.07) is 3.87. The molecule has 92 valence electrons. The van der Waals surface area contributed by atoms with Crippen molar-refractivity contribution in [2.75, 3.05) is 19.8 Å². The molecule has 0 aliphatic carbocycles. The van der Waals surface area contributed by atoms with E-state index in [4.69, 9.17) is 9.15 Å². The van der Waals surface area contributed by atoms with Crippen molar-refractivity contribution in [1.82, 2.24) is 5.32 Å². The Morgan fingerprint density at radius 1 is 1.31 bits per heavy atom. The molecule has 1 aromatic rings. The third-order valence-electron chi connectivity index (χ3n) is 2.30. The fraction of sp³-hybridized carbons (Fsp3) is 0.692. The van der Waals surface area contributed by atoms with E-state index in [1.165, 1.54) is 0 Å². The van der Waals surface area contributed by atoms with E-state index < -0.39 is 0 Å². The highest BCUT2D eigenvalue weighted by Gasteiger charge is 2.08. The Balaban J connectivity index is 1.89. The summed E-state index contributed by atoms with van der Waals surface area (Å²) in [6.45, 7) is 9.92. The standard InChI is InChI=1S/C13H23NO2/c1-13(2,3)6-9-15-10-7-14-11-12-5-4-8-16-12/h4-5,8,14H,6-7,9-11H2,1-3H3. The van der Waals surface area contributed by atoms with Crippen LogP contribution in [-0.2, 0) is 11.3 Å². The number of nitrogens with one attached hydrogen (secondary N) is 1. The molecule has 0 fully saturated rings. The molecule has 0 saturated heterocycles. The van der Waals surface area contributed by atoms with Crippen LogP contribution in [0, 0.1) is 5.41 Å². The van der Waals surface area contributed by atoms with Gasteiger partial charge in [0.05, 0.1) is 19.4 Å². The molecule has 0 saturated carbocycles. The van der Waals surface area contributed by atoms with E-state index in [-0.39, 0.29) is 0 Å². The van der Waals surface area contributed by atoms with Gasteiger partial charge in [0.2, 0.25) is 0 Å². The van der Waals surface area contributed by atoms with Gasteiger partial charge in [0.15, 0.2) is 0 Å². The van der Waals surface area contributed by atoms with Gasteiger partial charge >= 0.3 is 0 Å². The first-order valence-electron chi connectivity index (χ1n) is 5.89. The zero-order chi connectivity index (χ0) is 11.9. The van der Waals surface area contributed by atoms with Crippen LogP contribution in [0.25, 0.3) is 0 Å². The Morgan fingerprint density at radius 2 is 2.12 bits per heavy atom. The number of furan rings is 1. The van der Waals surface area contributed by atoms with Crippen molar-refractivity contribution in [3.8, 4) is 0 Å². The molecule has 0 aliphatic heterocycles. The summed E-state index contributed by atoms with van der Waals surface area (Å²) < 4.78 is 10.7. The summed E-state index contributed by atoms with van der Waals surface area (Å²) >= 11 is 0. The lowest BCUT2D eigenvalue weighted by molar-refractivity contribution is 0.109. The number of hydrogen-bond acceptors (Lipinski definition) is 3. The van der Waals surface area contributed by atoms with Gasteiger partial charge in [0, 0.05) is 13.2 Å². The van der Waals surface area contributed by atoms with E-state index in [1.54, 1.807) is 6.26 Å². The number of hydrogen-bond donors (Lipinski definition) is 1. The van der Waals surface area contributed by atoms with E-state index in [0.29, 0.717) is 5.41 Å². The molecular weight excluding hydrogens is 202 g/mol. The lowest BCUT2D eigenvalue weighted by Crippen LogP contribution is -2.20. The molecule has 3 nitrogen and oxygen atoms in total. The second-order valence-corrected chi connectivity index (χ2v) is 5.18. The summed E-state index contributed by atoms with van der Waals surface area (Å²) in [6.07, 6.45) is 2.79. The molecule has 0 bridgehead atoms. The fourth-order valence-electron chi connectivity index (χ4n) is 1.25. The Hall–Kier alpha value is -0.800. The van der Waals surface area contributed by atoms with Crippen LogP contribution in [0.15, 0.2) is 22.8 Å². The van der Waals surface area contributed by atoms with Gasteiger partial charge in [-0.2, -0.15) is 0 Å². The summed E-state index contributed by atoms with van der Waals surface area (Å²) in [5.74, 6) is 0.967. The first-order valence-corrected chi connectivity index (χ1v) is 5.89. The maximum Gasteiger partial charge on any atom is 0.117 e. The van der Waals surface area contributed by atoms with E-state index >= 15 is 0 Å². The van der Waals surface area contributed by atoms with Gasteiger partial charge in [0.25, 0.3) is 0 Å². The summed E-state index contributed by atoms with van der Waals surface area (Å²) in [7, 11) is 0. The van der Waals surface area contributed by atoms with Gasteiger partial charge in [-0.1, -0.05) is 20.8 Å². The smallest absolute Gasteiger partial charge is 0.117 e. The number of ether oxygens (including phenoxy) is 1. The van der Waals surface area contributed by atoms with Gasteiger partial charge < -0.3 is 14.5 Å². The molecule has 3 heteroatoms. The zero-order valence-corrected chi connectivity index (χ0v) is 10.6. The third-order valence-corrected chi connectivity index (χ3v) is 2.30. The van der Waals surface area contributed by atoms with Gasteiger partial charge in [-0.15, -0.1) is 0 Å². The molecule has 0 unspecified atom stereocenters. The summed E-state index contributed by atoms with van der Waals surface area (Å²) in [5, 5.41) is 3.27. The molecule has 0 amide bonds. The molecule has 1 rings (SSSR count). The minimum absolute atomic E-state index is 0.363. The molecule has 1 heterocycles. The van der Waals surface area contributed by atoms with Crippen LogP contribution in [0.4, 0.5) is 0 Å². The second kappa shape index (κ2) is 6.71. The molecule has 0 aliphatic rings. The van der Waals surface area contributed by atoms with Crippen LogP contribution in [-0.4, -0.2) is 19.8 Å². The predicted molar refractivity (Wildman–Crippen MR) is 65.3 cm³/mol. The molecular formula is C13H23NO2. The van der Waals surface area contributed by atoms with E-state index in [0.717, 1.165) is 38.5 Å². The monoisotopic (exact) mass is 225 g/mol. The molecule has 1 N–H and O–H groups in total. The minimum Gasteiger partial charge on any atom is -0.468 e. The van der Waals surface area contributed by atoms with Gasteiger partial charge in [-0.3, -0.25) is 0 Å². The second-order valence-electron chi connectivity index (χ2n) is 5.18. The maximum absolute atomic E-state index is 5.54. The highest BCUT2D eigenvalue weighted by molar-refractivity contribution is 4.97. The molecule has 0 spiro atoms. The van der Waals surface area contributed by atoms with Crippen LogP contribution in [0.1, 0.15) is 33.0 Å². The highest BCUT2D eigenvalue weighted by Crippen LogP contribution is 2.17. The fourth-order valence-corrected chi connectivity index (χ4v) is 1.25. The largest absolute Gasteiger partial charge is 0.468 e. The van der Waals surface area contributed by atoms with Crippen molar-refractivity contribution >= 4 is 0 Å². The van der Waals surface area contributed by atoms with Crippen molar-refractivity contribution in [3.63, 3.8) is 0 Å². The molecule has 0 aromatic carbocycles. The SMILES string of the molecule is CC(C)(C)CCOCCNCc1ccco1. The van der Waals surface area contributed by atoms with Gasteiger partial charge in [0.1, 0.15) is 5.76 Å². The van der Waals surface area contributed by atoms with Crippen LogP contribution >= 0.6 is 0 Å². The van der Waals surface area contributed by atoms with Crippen LogP contribution < -0.4 is 5.32 Å². The summed E-state index contributed by atoms with van der Waals surface area (Å²) in [4.78, 5) is 0. The third kappa shape index (κ3) is 6.64. The Bertz CT molecular complexity index is 262. The maximum atomic E-state index is 5.54. The Kier molecular flexibility index (Phi) is 5.56. The van der Waals surface area contributed by atoms with Crippen molar-refractivity contribution in [1.29, 1.82) is 0 Å². The van der Waals surface area contributed by atoms with Gasteiger partial charge in [-0.25, -0.2) is 0 Å². The average molecular weight is 225 g/mol. The van der Waals surface area contributed by atoms with Crippen molar-refractivity contribution < 1.29 is 9.15 Å². The van der Waals surface area contributed by atoms with Gasteiger partial charge in [-0.05, 0) is 24.0 Å². The molecule has 0 atom stereocenters. The predicted octanol–water partition coefficient (Wildman–Crippen LogP) is 2.82. The van der Waals surface area contributed by atoms with Crippen LogP contribution in [0.5, 0.6) is 0 Å². The first-order chi connectivity index (χ1) is 7.58. The first kappa shape index (κ1) is 13.3.